The summed E-state index contributed by atoms with van der Waals surface area (Å²) in [6, 6.07) is 19.4. The summed E-state index contributed by atoms with van der Waals surface area (Å²) in [5, 5.41) is 2.20. The molecule has 1 aliphatic carbocycles. The molecular formula is C31H23F3N2O4. The number of hydrogen-bond acceptors (Lipinski definition) is 4. The highest BCUT2D eigenvalue weighted by molar-refractivity contribution is 6.37. The van der Waals surface area contributed by atoms with Crippen molar-refractivity contribution in [3.05, 3.63) is 124 Å². The van der Waals surface area contributed by atoms with Crippen molar-refractivity contribution in [2.45, 2.75) is 25.9 Å². The Kier molecular flexibility index (Phi) is 6.89. The maximum absolute atomic E-state index is 13.4. The molecule has 0 radical (unpaired) electrons. The Labute approximate surface area is 228 Å². The first-order valence-corrected chi connectivity index (χ1v) is 12.3. The fraction of sp³-hybridized carbons (Fsp3) is 0.129. The summed E-state index contributed by atoms with van der Waals surface area (Å²) in [5.41, 5.74) is 2.09. The molecule has 6 nitrogen and oxygen atoms in total. The molecule has 1 N–H and O–H groups in total. The summed E-state index contributed by atoms with van der Waals surface area (Å²) < 4.78 is 44.8. The number of anilines is 1. The fourth-order valence-corrected chi connectivity index (χ4v) is 4.82. The number of carbonyl (C=O) groups excluding carboxylic acids is 3. The zero-order valence-corrected chi connectivity index (χ0v) is 21.5. The van der Waals surface area contributed by atoms with E-state index in [1.54, 1.807) is 37.3 Å². The van der Waals surface area contributed by atoms with Crippen LogP contribution in [0.1, 0.15) is 30.9 Å². The van der Waals surface area contributed by atoms with E-state index in [9.17, 15) is 27.6 Å². The topological polar surface area (TPSA) is 75.7 Å². The van der Waals surface area contributed by atoms with Crippen molar-refractivity contribution in [1.29, 1.82) is 0 Å². The van der Waals surface area contributed by atoms with Crippen molar-refractivity contribution in [2.75, 3.05) is 4.90 Å². The SMILES string of the molecule is CC1=CC(C=C2C(=O)NC(=O)N(c3ccc(Oc4ccccc4)cc3)C2=O)=C(C)C1c1ccc(C(F)(F)F)cc1. The Morgan fingerprint density at radius 3 is 2.10 bits per heavy atom. The molecule has 3 aromatic rings. The van der Waals surface area contributed by atoms with Gasteiger partial charge in [-0.3, -0.25) is 14.9 Å². The van der Waals surface area contributed by atoms with E-state index in [0.29, 0.717) is 22.6 Å². The molecule has 5 rings (SSSR count). The predicted molar refractivity (Wildman–Crippen MR) is 143 cm³/mol. The molecule has 9 heteroatoms. The Bertz CT molecular complexity index is 1590. The van der Waals surface area contributed by atoms with Gasteiger partial charge in [-0.2, -0.15) is 13.2 Å². The van der Waals surface area contributed by atoms with Crippen LogP contribution in [0.5, 0.6) is 11.5 Å². The number of imide groups is 2. The molecule has 1 fully saturated rings. The van der Waals surface area contributed by atoms with E-state index in [0.717, 1.165) is 28.2 Å². The summed E-state index contributed by atoms with van der Waals surface area (Å²) in [5.74, 6) is -0.829. The van der Waals surface area contributed by atoms with Gasteiger partial charge in [0, 0.05) is 5.92 Å². The normalized spacial score (nSPS) is 18.8. The molecule has 1 saturated heterocycles. The van der Waals surface area contributed by atoms with Crippen LogP contribution < -0.4 is 15.0 Å². The summed E-state index contributed by atoms with van der Waals surface area (Å²) in [6.45, 7) is 3.62. The van der Waals surface area contributed by atoms with E-state index in [1.807, 2.05) is 25.1 Å². The Morgan fingerprint density at radius 2 is 1.48 bits per heavy atom. The molecule has 2 aliphatic rings. The second kappa shape index (κ2) is 10.3. The van der Waals surface area contributed by atoms with Crippen LogP contribution in [-0.2, 0) is 15.8 Å². The summed E-state index contributed by atoms with van der Waals surface area (Å²) in [4.78, 5) is 39.6. The maximum atomic E-state index is 13.4. The van der Waals surface area contributed by atoms with Crippen LogP contribution in [0.4, 0.5) is 23.7 Å². The molecule has 1 aliphatic heterocycles. The van der Waals surface area contributed by atoms with Gasteiger partial charge in [0.05, 0.1) is 11.3 Å². The van der Waals surface area contributed by atoms with Crippen LogP contribution in [0, 0.1) is 0 Å². The number of carbonyl (C=O) groups is 3. The van der Waals surface area contributed by atoms with Crippen LogP contribution in [0.2, 0.25) is 0 Å². The van der Waals surface area contributed by atoms with Crippen molar-refractivity contribution >= 4 is 23.5 Å². The molecule has 0 aromatic heterocycles. The first kappa shape index (κ1) is 26.7. The molecule has 0 bridgehead atoms. The van der Waals surface area contributed by atoms with Crippen LogP contribution in [-0.4, -0.2) is 17.8 Å². The molecule has 4 amide bonds. The quantitative estimate of drug-likeness (QED) is 0.276. The number of alkyl halides is 3. The zero-order valence-electron chi connectivity index (χ0n) is 21.5. The number of nitrogens with one attached hydrogen (secondary N) is 1. The number of ether oxygens (including phenoxy) is 1. The van der Waals surface area contributed by atoms with E-state index < -0.39 is 29.6 Å². The standard InChI is InChI=1S/C31H23F3N2O4/c1-18-16-21(19(2)27(18)20-8-10-22(11-9-20)31(32,33)34)17-26-28(37)35-30(39)36(29(26)38)23-12-14-25(15-13-23)40-24-6-4-3-5-7-24/h3-17,27H,1-2H3,(H,35,37,39). The number of amides is 4. The van der Waals surface area contributed by atoms with Gasteiger partial charge in [-0.25, -0.2) is 9.69 Å². The lowest BCUT2D eigenvalue weighted by molar-refractivity contribution is -0.137. The predicted octanol–water partition coefficient (Wildman–Crippen LogP) is 7.07. The van der Waals surface area contributed by atoms with Gasteiger partial charge in [0.2, 0.25) is 0 Å². The highest BCUT2D eigenvalue weighted by atomic mass is 19.4. The summed E-state index contributed by atoms with van der Waals surface area (Å²) in [6.07, 6.45) is -1.25. The van der Waals surface area contributed by atoms with Crippen LogP contribution in [0.25, 0.3) is 0 Å². The van der Waals surface area contributed by atoms with E-state index in [2.05, 4.69) is 5.32 Å². The molecule has 40 heavy (non-hydrogen) atoms. The number of nitrogens with zero attached hydrogens (tertiary/aromatic N) is 1. The molecule has 0 spiro atoms. The summed E-state index contributed by atoms with van der Waals surface area (Å²) in [7, 11) is 0. The first-order chi connectivity index (χ1) is 19.0. The van der Waals surface area contributed by atoms with Crippen molar-refractivity contribution in [1.82, 2.24) is 5.32 Å². The van der Waals surface area contributed by atoms with Gasteiger partial charge >= 0.3 is 12.2 Å². The fourth-order valence-electron chi connectivity index (χ4n) is 4.82. The van der Waals surface area contributed by atoms with Gasteiger partial charge in [-0.15, -0.1) is 0 Å². The van der Waals surface area contributed by atoms with Crippen LogP contribution >= 0.6 is 0 Å². The molecule has 3 aromatic carbocycles. The molecule has 202 valence electrons. The van der Waals surface area contributed by atoms with Crippen molar-refractivity contribution < 1.29 is 32.3 Å². The lowest BCUT2D eigenvalue weighted by Crippen LogP contribution is -2.54. The molecule has 1 atom stereocenters. The van der Waals surface area contributed by atoms with E-state index in [1.165, 1.54) is 30.3 Å². The molecule has 1 heterocycles. The van der Waals surface area contributed by atoms with Crippen molar-refractivity contribution in [3.8, 4) is 11.5 Å². The highest BCUT2D eigenvalue weighted by Gasteiger charge is 2.37. The third-order valence-corrected chi connectivity index (χ3v) is 6.77. The van der Waals surface area contributed by atoms with Crippen molar-refractivity contribution in [2.24, 2.45) is 0 Å². The second-order valence-corrected chi connectivity index (χ2v) is 9.45. The van der Waals surface area contributed by atoms with E-state index >= 15 is 0 Å². The smallest absolute Gasteiger partial charge is 0.416 e. The Morgan fingerprint density at radius 1 is 0.850 bits per heavy atom. The zero-order chi connectivity index (χ0) is 28.6. The third-order valence-electron chi connectivity index (χ3n) is 6.77. The number of barbiturate groups is 1. The lowest BCUT2D eigenvalue weighted by Gasteiger charge is -2.26. The maximum Gasteiger partial charge on any atom is 0.416 e. The number of hydrogen-bond donors (Lipinski definition) is 1. The van der Waals surface area contributed by atoms with Gasteiger partial charge in [-0.1, -0.05) is 47.6 Å². The van der Waals surface area contributed by atoms with Gasteiger partial charge in [0.1, 0.15) is 17.1 Å². The second-order valence-electron chi connectivity index (χ2n) is 9.45. The average Bonchev–Trinajstić information content (AvgIpc) is 3.20. The largest absolute Gasteiger partial charge is 0.457 e. The average molecular weight is 545 g/mol. The molecule has 0 saturated carbocycles. The Hall–Kier alpha value is -4.92. The third kappa shape index (κ3) is 5.18. The minimum absolute atomic E-state index is 0.240. The number of allylic oxidation sites excluding steroid dienone is 5. The number of rotatable bonds is 5. The van der Waals surface area contributed by atoms with Gasteiger partial charge < -0.3 is 4.74 Å². The monoisotopic (exact) mass is 544 g/mol. The number of para-hydroxylation sites is 1. The summed E-state index contributed by atoms with van der Waals surface area (Å²) >= 11 is 0. The molecular weight excluding hydrogens is 521 g/mol. The highest BCUT2D eigenvalue weighted by Crippen LogP contribution is 2.41. The van der Waals surface area contributed by atoms with Crippen molar-refractivity contribution in [3.63, 3.8) is 0 Å². The van der Waals surface area contributed by atoms with Gasteiger partial charge in [-0.05, 0) is 79.6 Å². The van der Waals surface area contributed by atoms with Crippen LogP contribution in [0.15, 0.2) is 113 Å². The number of halogens is 3. The van der Waals surface area contributed by atoms with E-state index in [4.69, 9.17) is 4.74 Å². The lowest BCUT2D eigenvalue weighted by atomic mass is 9.88. The van der Waals surface area contributed by atoms with Gasteiger partial charge in [0.25, 0.3) is 11.8 Å². The first-order valence-electron chi connectivity index (χ1n) is 12.3. The van der Waals surface area contributed by atoms with Crippen LogP contribution in [0.3, 0.4) is 0 Å². The van der Waals surface area contributed by atoms with Gasteiger partial charge in [0.15, 0.2) is 0 Å². The minimum Gasteiger partial charge on any atom is -0.457 e. The minimum atomic E-state index is -4.44. The van der Waals surface area contributed by atoms with E-state index in [-0.39, 0.29) is 17.2 Å². The molecule has 1 unspecified atom stereocenters. The Balaban J connectivity index is 1.41. The number of benzene rings is 3. The number of urea groups is 1.